The third-order valence-electron chi connectivity index (χ3n) is 3.12. The maximum atomic E-state index is 12.0. The monoisotopic (exact) mass is 391 g/mol. The van der Waals surface area contributed by atoms with E-state index in [2.05, 4.69) is 27.9 Å². The Morgan fingerprint density at radius 2 is 2.16 bits per heavy atom. The highest BCUT2D eigenvalue weighted by Gasteiger charge is 2.43. The van der Waals surface area contributed by atoms with E-state index in [1.807, 2.05) is 24.3 Å². The van der Waals surface area contributed by atoms with Crippen molar-refractivity contribution in [1.29, 1.82) is 0 Å². The Balaban J connectivity index is 2.05. The van der Waals surface area contributed by atoms with E-state index in [1.165, 1.54) is 0 Å². The van der Waals surface area contributed by atoms with Gasteiger partial charge in [0.05, 0.1) is 6.42 Å². The van der Waals surface area contributed by atoms with Gasteiger partial charge < -0.3 is 10.4 Å². The van der Waals surface area contributed by atoms with Crippen molar-refractivity contribution in [3.8, 4) is 0 Å². The van der Waals surface area contributed by atoms with Crippen LogP contribution < -0.4 is 5.32 Å². The Labute approximate surface area is 129 Å². The predicted octanol–water partition coefficient (Wildman–Crippen LogP) is 1.91. The molecule has 1 unspecified atom stereocenters. The molecule has 4 nitrogen and oxygen atoms in total. The maximum absolute atomic E-state index is 12.0. The summed E-state index contributed by atoms with van der Waals surface area (Å²) in [5.41, 5.74) is -0.158. The molecule has 0 aliphatic carbocycles. The minimum atomic E-state index is -1.08. The molecule has 0 bridgehead atoms. The van der Waals surface area contributed by atoms with Gasteiger partial charge in [-0.1, -0.05) is 18.2 Å². The fourth-order valence-electron chi connectivity index (χ4n) is 2.01. The molecule has 1 aliphatic heterocycles. The van der Waals surface area contributed by atoms with Gasteiger partial charge in [0, 0.05) is 9.32 Å². The molecule has 1 aromatic rings. The molecule has 102 valence electrons. The molecule has 1 fully saturated rings. The molecule has 19 heavy (non-hydrogen) atoms. The van der Waals surface area contributed by atoms with Crippen LogP contribution in [0.15, 0.2) is 24.3 Å². The second kappa shape index (κ2) is 6.13. The van der Waals surface area contributed by atoms with E-state index in [1.54, 1.807) is 11.8 Å². The van der Waals surface area contributed by atoms with E-state index in [-0.39, 0.29) is 12.3 Å². The summed E-state index contributed by atoms with van der Waals surface area (Å²) >= 11 is 3.74. The molecule has 1 saturated heterocycles. The van der Waals surface area contributed by atoms with E-state index in [0.29, 0.717) is 12.2 Å². The first kappa shape index (κ1) is 14.6. The highest BCUT2D eigenvalue weighted by molar-refractivity contribution is 14.1. The fraction of sp³-hybridized carbons (Fsp3) is 0.385. The van der Waals surface area contributed by atoms with E-state index < -0.39 is 11.5 Å². The predicted molar refractivity (Wildman–Crippen MR) is 83.3 cm³/mol. The molecule has 1 aliphatic rings. The van der Waals surface area contributed by atoms with Gasteiger partial charge in [-0.15, -0.1) is 0 Å². The van der Waals surface area contributed by atoms with E-state index in [9.17, 15) is 14.7 Å². The summed E-state index contributed by atoms with van der Waals surface area (Å²) in [6, 6.07) is 7.61. The van der Waals surface area contributed by atoms with Crippen molar-refractivity contribution in [3.63, 3.8) is 0 Å². The number of thioether (sulfide) groups is 1. The van der Waals surface area contributed by atoms with E-state index in [0.717, 1.165) is 14.9 Å². The first-order chi connectivity index (χ1) is 9.03. The number of hydrogen-bond acceptors (Lipinski definition) is 3. The van der Waals surface area contributed by atoms with E-state index in [4.69, 9.17) is 0 Å². The Morgan fingerprint density at radius 3 is 2.74 bits per heavy atom. The summed E-state index contributed by atoms with van der Waals surface area (Å²) in [6.07, 6.45) is 0.712. The van der Waals surface area contributed by atoms with Crippen molar-refractivity contribution >= 4 is 46.2 Å². The summed E-state index contributed by atoms with van der Waals surface area (Å²) in [7, 11) is 0. The van der Waals surface area contributed by atoms with Crippen LogP contribution >= 0.6 is 34.4 Å². The average Bonchev–Trinajstić information content (AvgIpc) is 2.82. The van der Waals surface area contributed by atoms with Crippen LogP contribution in [0.5, 0.6) is 0 Å². The minimum Gasteiger partial charge on any atom is -0.479 e. The molecule has 0 spiro atoms. The van der Waals surface area contributed by atoms with Crippen molar-refractivity contribution in [2.45, 2.75) is 18.4 Å². The van der Waals surface area contributed by atoms with Crippen molar-refractivity contribution in [1.82, 2.24) is 5.32 Å². The Bertz CT molecular complexity index is 500. The topological polar surface area (TPSA) is 66.4 Å². The van der Waals surface area contributed by atoms with Crippen LogP contribution in [0, 0.1) is 3.57 Å². The summed E-state index contributed by atoms with van der Waals surface area (Å²) in [5.74, 6) is 0.0534. The number of nitrogens with one attached hydrogen (secondary N) is 1. The van der Waals surface area contributed by atoms with Gasteiger partial charge in [0.1, 0.15) is 5.54 Å². The zero-order chi connectivity index (χ0) is 13.9. The third kappa shape index (κ3) is 3.42. The second-order valence-corrected chi connectivity index (χ2v) is 6.77. The molecule has 0 radical (unpaired) electrons. The Kier molecular flexibility index (Phi) is 4.72. The van der Waals surface area contributed by atoms with Crippen LogP contribution in [0.4, 0.5) is 0 Å². The minimum absolute atomic E-state index is 0.221. The van der Waals surface area contributed by atoms with E-state index >= 15 is 0 Å². The number of halogens is 1. The summed E-state index contributed by atoms with van der Waals surface area (Å²) in [6.45, 7) is 0. The average molecular weight is 391 g/mol. The zero-order valence-corrected chi connectivity index (χ0v) is 13.2. The standard InChI is InChI=1S/C13H14INO3S/c14-10-4-2-1-3-9(10)7-11(16)15-13(12(17)18)5-6-19-8-13/h1-4H,5-8H2,(H,15,16)(H,17,18). The smallest absolute Gasteiger partial charge is 0.330 e. The molecule has 1 atom stereocenters. The normalized spacial score (nSPS) is 22.2. The Hall–Kier alpha value is -0.760. The van der Waals surface area contributed by atoms with Gasteiger partial charge in [-0.2, -0.15) is 11.8 Å². The SMILES string of the molecule is O=C(Cc1ccccc1I)NC1(C(=O)O)CCSC1. The number of benzene rings is 1. The first-order valence-electron chi connectivity index (χ1n) is 5.89. The molecule has 0 aromatic heterocycles. The molecule has 1 heterocycles. The summed E-state index contributed by atoms with van der Waals surface area (Å²) in [5, 5.41) is 12.0. The van der Waals surface area contributed by atoms with Crippen LogP contribution in [-0.4, -0.2) is 34.0 Å². The van der Waals surface area contributed by atoms with Crippen LogP contribution in [0.1, 0.15) is 12.0 Å². The molecular weight excluding hydrogens is 377 g/mol. The van der Waals surface area contributed by atoms with Crippen molar-refractivity contribution in [3.05, 3.63) is 33.4 Å². The molecule has 1 amide bonds. The highest BCUT2D eigenvalue weighted by atomic mass is 127. The third-order valence-corrected chi connectivity index (χ3v) is 5.36. The number of carbonyl (C=O) groups is 2. The van der Waals surface area contributed by atoms with Crippen LogP contribution in [-0.2, 0) is 16.0 Å². The van der Waals surface area contributed by atoms with Gasteiger partial charge in [0.25, 0.3) is 0 Å². The Morgan fingerprint density at radius 1 is 1.42 bits per heavy atom. The number of carboxylic acid groups (broad SMARTS) is 1. The fourth-order valence-corrected chi connectivity index (χ4v) is 3.92. The van der Waals surface area contributed by atoms with Gasteiger partial charge in [0.2, 0.25) is 5.91 Å². The van der Waals surface area contributed by atoms with Gasteiger partial charge in [0.15, 0.2) is 0 Å². The van der Waals surface area contributed by atoms with Gasteiger partial charge in [-0.05, 0) is 46.4 Å². The number of aliphatic carboxylic acids is 1. The van der Waals surface area contributed by atoms with Crippen LogP contribution in [0.25, 0.3) is 0 Å². The highest BCUT2D eigenvalue weighted by Crippen LogP contribution is 2.28. The lowest BCUT2D eigenvalue weighted by Crippen LogP contribution is -2.55. The molecule has 0 saturated carbocycles. The number of rotatable bonds is 4. The molecule has 2 N–H and O–H groups in total. The lowest BCUT2D eigenvalue weighted by molar-refractivity contribution is -0.146. The summed E-state index contributed by atoms with van der Waals surface area (Å²) in [4.78, 5) is 23.4. The number of amides is 1. The molecule has 1 aromatic carbocycles. The largest absolute Gasteiger partial charge is 0.479 e. The quantitative estimate of drug-likeness (QED) is 0.770. The number of hydrogen-bond donors (Lipinski definition) is 2. The van der Waals surface area contributed by atoms with Crippen LogP contribution in [0.2, 0.25) is 0 Å². The molecule has 2 rings (SSSR count). The van der Waals surface area contributed by atoms with Crippen molar-refractivity contribution < 1.29 is 14.7 Å². The number of carboxylic acids is 1. The van der Waals surface area contributed by atoms with Crippen LogP contribution in [0.3, 0.4) is 0 Å². The van der Waals surface area contributed by atoms with Crippen molar-refractivity contribution in [2.24, 2.45) is 0 Å². The molecular formula is C13H14INO3S. The molecule has 6 heteroatoms. The van der Waals surface area contributed by atoms with Gasteiger partial charge in [-0.25, -0.2) is 4.79 Å². The lowest BCUT2D eigenvalue weighted by atomic mass is 9.98. The lowest BCUT2D eigenvalue weighted by Gasteiger charge is -2.24. The van der Waals surface area contributed by atoms with Crippen molar-refractivity contribution in [2.75, 3.05) is 11.5 Å². The summed E-state index contributed by atoms with van der Waals surface area (Å²) < 4.78 is 1.01. The van der Waals surface area contributed by atoms with Gasteiger partial charge >= 0.3 is 5.97 Å². The second-order valence-electron chi connectivity index (χ2n) is 4.51. The zero-order valence-electron chi connectivity index (χ0n) is 10.2. The first-order valence-corrected chi connectivity index (χ1v) is 8.12. The number of carbonyl (C=O) groups excluding carboxylic acids is 1. The van der Waals surface area contributed by atoms with Gasteiger partial charge in [-0.3, -0.25) is 4.79 Å². The maximum Gasteiger partial charge on any atom is 0.330 e.